The number of carbonyl (C=O) groups excluding carboxylic acids is 2. The van der Waals surface area contributed by atoms with Gasteiger partial charge in [0.2, 0.25) is 11.8 Å². The van der Waals surface area contributed by atoms with Crippen molar-refractivity contribution in [1.82, 2.24) is 10.2 Å². The molecule has 112 valence electrons. The van der Waals surface area contributed by atoms with Crippen LogP contribution in [0.1, 0.15) is 31.7 Å². The maximum atomic E-state index is 12.8. The number of hydrogen-bond acceptors (Lipinski definition) is 2. The van der Waals surface area contributed by atoms with Crippen LogP contribution in [-0.2, 0) is 16.1 Å². The average molecular weight is 351 g/mol. The first-order valence-corrected chi connectivity index (χ1v) is 8.18. The third-order valence-corrected chi connectivity index (χ3v) is 4.77. The fourth-order valence-electron chi connectivity index (χ4n) is 2.84. The van der Waals surface area contributed by atoms with Crippen LogP contribution in [0, 0.1) is 5.92 Å². The first kappa shape index (κ1) is 14.6. The van der Waals surface area contributed by atoms with E-state index in [1.807, 2.05) is 36.1 Å². The zero-order valence-corrected chi connectivity index (χ0v) is 13.6. The molecule has 1 aliphatic heterocycles. The Kier molecular flexibility index (Phi) is 4.02. The molecule has 2 amide bonds. The fraction of sp³-hybridized carbons (Fsp3) is 0.500. The van der Waals surface area contributed by atoms with E-state index in [0.29, 0.717) is 18.9 Å². The van der Waals surface area contributed by atoms with E-state index < -0.39 is 0 Å². The van der Waals surface area contributed by atoms with Crippen LogP contribution in [0.15, 0.2) is 28.7 Å². The van der Waals surface area contributed by atoms with Gasteiger partial charge in [0, 0.05) is 23.5 Å². The maximum Gasteiger partial charge on any atom is 0.245 e. The molecule has 2 aliphatic rings. The lowest BCUT2D eigenvalue weighted by molar-refractivity contribution is -0.136. The third kappa shape index (κ3) is 3.28. The normalized spacial score (nSPS) is 26.5. The van der Waals surface area contributed by atoms with Crippen LogP contribution in [0.5, 0.6) is 0 Å². The molecule has 1 aliphatic carbocycles. The minimum atomic E-state index is -0.321. The molecule has 0 spiro atoms. The summed E-state index contributed by atoms with van der Waals surface area (Å²) >= 11 is 3.42. The van der Waals surface area contributed by atoms with E-state index in [-0.39, 0.29) is 23.9 Å². The predicted molar refractivity (Wildman–Crippen MR) is 83.4 cm³/mol. The topological polar surface area (TPSA) is 49.4 Å². The van der Waals surface area contributed by atoms with Gasteiger partial charge in [0.05, 0.1) is 0 Å². The highest BCUT2D eigenvalue weighted by Gasteiger charge is 2.42. The molecule has 3 rings (SSSR count). The smallest absolute Gasteiger partial charge is 0.245 e. The summed E-state index contributed by atoms with van der Waals surface area (Å²) in [7, 11) is 0. The fourth-order valence-corrected chi connectivity index (χ4v) is 3.10. The summed E-state index contributed by atoms with van der Waals surface area (Å²) < 4.78 is 1.02. The van der Waals surface area contributed by atoms with Crippen molar-refractivity contribution in [1.29, 1.82) is 0 Å². The van der Waals surface area contributed by atoms with Crippen LogP contribution in [-0.4, -0.2) is 28.8 Å². The molecule has 2 atom stereocenters. The molecule has 2 unspecified atom stereocenters. The van der Waals surface area contributed by atoms with Crippen molar-refractivity contribution in [3.63, 3.8) is 0 Å². The van der Waals surface area contributed by atoms with E-state index in [4.69, 9.17) is 0 Å². The summed E-state index contributed by atoms with van der Waals surface area (Å²) in [5.41, 5.74) is 1.09. The predicted octanol–water partition coefficient (Wildman–Crippen LogP) is 2.46. The molecule has 1 aromatic rings. The second-order valence-electron chi connectivity index (χ2n) is 6.03. The van der Waals surface area contributed by atoms with Gasteiger partial charge in [-0.05, 0) is 43.4 Å². The van der Waals surface area contributed by atoms with E-state index >= 15 is 0 Å². The summed E-state index contributed by atoms with van der Waals surface area (Å²) in [4.78, 5) is 26.5. The average Bonchev–Trinajstić information content (AvgIpc) is 3.27. The molecule has 5 heteroatoms. The quantitative estimate of drug-likeness (QED) is 0.910. The summed E-state index contributed by atoms with van der Waals surface area (Å²) in [6.07, 6.45) is 2.46. The number of nitrogens with zero attached hydrogens (tertiary/aromatic N) is 1. The van der Waals surface area contributed by atoms with Gasteiger partial charge in [-0.25, -0.2) is 0 Å². The summed E-state index contributed by atoms with van der Waals surface area (Å²) in [5.74, 6) is 0.393. The summed E-state index contributed by atoms with van der Waals surface area (Å²) in [5, 5.41) is 2.91. The number of rotatable bonds is 3. The van der Waals surface area contributed by atoms with Gasteiger partial charge in [0.1, 0.15) is 6.04 Å². The molecule has 1 aromatic carbocycles. The van der Waals surface area contributed by atoms with Crippen molar-refractivity contribution in [2.45, 2.75) is 44.8 Å². The second-order valence-corrected chi connectivity index (χ2v) is 6.94. The van der Waals surface area contributed by atoms with Crippen LogP contribution in [0.4, 0.5) is 0 Å². The molecule has 0 radical (unpaired) electrons. The second kappa shape index (κ2) is 5.79. The lowest BCUT2D eigenvalue weighted by atomic mass is 10.1. The van der Waals surface area contributed by atoms with Crippen LogP contribution in [0.25, 0.3) is 0 Å². The van der Waals surface area contributed by atoms with Crippen LogP contribution in [0.3, 0.4) is 0 Å². The highest BCUT2D eigenvalue weighted by atomic mass is 79.9. The number of benzene rings is 1. The maximum absolute atomic E-state index is 12.8. The SMILES string of the molecule is CC1CC(=O)NC(C2CC2)C(=O)N1Cc1ccc(Br)cc1. The van der Waals surface area contributed by atoms with Gasteiger partial charge in [-0.1, -0.05) is 28.1 Å². The molecule has 2 fully saturated rings. The van der Waals surface area contributed by atoms with E-state index in [1.54, 1.807) is 0 Å². The lowest BCUT2D eigenvalue weighted by Gasteiger charge is -2.29. The van der Waals surface area contributed by atoms with Crippen molar-refractivity contribution in [2.75, 3.05) is 0 Å². The first-order valence-electron chi connectivity index (χ1n) is 7.39. The van der Waals surface area contributed by atoms with Gasteiger partial charge in [-0.2, -0.15) is 0 Å². The summed E-state index contributed by atoms with van der Waals surface area (Å²) in [6.45, 7) is 2.51. The van der Waals surface area contributed by atoms with Gasteiger partial charge in [-0.3, -0.25) is 9.59 Å². The van der Waals surface area contributed by atoms with Gasteiger partial charge < -0.3 is 10.2 Å². The molecule has 1 saturated heterocycles. The molecule has 1 heterocycles. The standard InChI is InChI=1S/C16H19BrN2O2/c1-10-8-14(20)18-15(12-4-5-12)16(21)19(10)9-11-2-6-13(17)7-3-11/h2-3,6-7,10,12,15H,4-5,8-9H2,1H3,(H,18,20). The van der Waals surface area contributed by atoms with E-state index in [9.17, 15) is 9.59 Å². The van der Waals surface area contributed by atoms with Gasteiger partial charge in [0.25, 0.3) is 0 Å². The molecular weight excluding hydrogens is 332 g/mol. The molecule has 1 N–H and O–H groups in total. The van der Waals surface area contributed by atoms with Gasteiger partial charge >= 0.3 is 0 Å². The third-order valence-electron chi connectivity index (χ3n) is 4.24. The first-order chi connectivity index (χ1) is 10.0. The van der Waals surface area contributed by atoms with Gasteiger partial charge in [-0.15, -0.1) is 0 Å². The Hall–Kier alpha value is -1.36. The van der Waals surface area contributed by atoms with Crippen LogP contribution < -0.4 is 5.32 Å². The Morgan fingerprint density at radius 2 is 1.90 bits per heavy atom. The van der Waals surface area contributed by atoms with Crippen LogP contribution >= 0.6 is 15.9 Å². The van der Waals surface area contributed by atoms with E-state index in [0.717, 1.165) is 22.9 Å². The van der Waals surface area contributed by atoms with Crippen molar-refractivity contribution < 1.29 is 9.59 Å². The zero-order valence-electron chi connectivity index (χ0n) is 12.0. The lowest BCUT2D eigenvalue weighted by Crippen LogP contribution is -2.47. The Bertz CT molecular complexity index is 554. The molecule has 1 saturated carbocycles. The molecule has 0 bridgehead atoms. The number of amides is 2. The van der Waals surface area contributed by atoms with Crippen molar-refractivity contribution in [2.24, 2.45) is 5.92 Å². The largest absolute Gasteiger partial charge is 0.344 e. The van der Waals surface area contributed by atoms with Crippen molar-refractivity contribution in [3.8, 4) is 0 Å². The molecule has 0 aromatic heterocycles. The Balaban J connectivity index is 1.81. The van der Waals surface area contributed by atoms with Gasteiger partial charge in [0.15, 0.2) is 0 Å². The highest BCUT2D eigenvalue weighted by molar-refractivity contribution is 9.10. The Labute approximate surface area is 133 Å². The number of carbonyl (C=O) groups is 2. The number of hydrogen-bond donors (Lipinski definition) is 1. The minimum absolute atomic E-state index is 0.00828. The van der Waals surface area contributed by atoms with E-state index in [2.05, 4.69) is 21.2 Å². The molecule has 21 heavy (non-hydrogen) atoms. The Morgan fingerprint density at radius 3 is 2.52 bits per heavy atom. The molecule has 4 nitrogen and oxygen atoms in total. The van der Waals surface area contributed by atoms with Crippen molar-refractivity contribution >= 4 is 27.7 Å². The van der Waals surface area contributed by atoms with Crippen LogP contribution in [0.2, 0.25) is 0 Å². The molecular formula is C16H19BrN2O2. The monoisotopic (exact) mass is 350 g/mol. The summed E-state index contributed by atoms with van der Waals surface area (Å²) in [6, 6.07) is 7.59. The minimum Gasteiger partial charge on any atom is -0.344 e. The van der Waals surface area contributed by atoms with E-state index in [1.165, 1.54) is 0 Å². The number of halogens is 1. The highest BCUT2D eigenvalue weighted by Crippen LogP contribution is 2.35. The number of nitrogens with one attached hydrogen (secondary N) is 1. The van der Waals surface area contributed by atoms with Crippen molar-refractivity contribution in [3.05, 3.63) is 34.3 Å². The Morgan fingerprint density at radius 1 is 1.24 bits per heavy atom. The zero-order chi connectivity index (χ0) is 15.0.